The summed E-state index contributed by atoms with van der Waals surface area (Å²) < 4.78 is 11.5. The predicted octanol–water partition coefficient (Wildman–Crippen LogP) is 4.56. The first kappa shape index (κ1) is 23.5. The van der Waals surface area contributed by atoms with Gasteiger partial charge in [0.15, 0.2) is 5.82 Å². The standard InChI is InChI=1S/C19H23N7O3.C2H6/c1-19(2,3)29-18(27)26-11-13(9-22-26)24-17-21-10-15(20)16(25-17)23-12-5-7-14(28-4)8-6-12;1-2/h5-11H,20H2,1-4H3,(H2,21,23,24,25);1-2H3. The highest BCUT2D eigenvalue weighted by molar-refractivity contribution is 5.72. The van der Waals surface area contributed by atoms with Crippen molar-refractivity contribution < 1.29 is 14.3 Å². The molecule has 3 rings (SSSR count). The van der Waals surface area contributed by atoms with Crippen molar-refractivity contribution in [2.24, 2.45) is 0 Å². The number of aromatic nitrogens is 4. The van der Waals surface area contributed by atoms with Crippen LogP contribution < -0.4 is 21.1 Å². The molecule has 166 valence electrons. The van der Waals surface area contributed by atoms with E-state index in [0.29, 0.717) is 23.1 Å². The Morgan fingerprint density at radius 2 is 1.74 bits per heavy atom. The summed E-state index contributed by atoms with van der Waals surface area (Å²) >= 11 is 0. The first-order valence-corrected chi connectivity index (χ1v) is 9.82. The van der Waals surface area contributed by atoms with Gasteiger partial charge in [0, 0.05) is 5.69 Å². The van der Waals surface area contributed by atoms with E-state index in [9.17, 15) is 4.79 Å². The lowest BCUT2D eigenvalue weighted by Crippen LogP contribution is -2.27. The van der Waals surface area contributed by atoms with Gasteiger partial charge < -0.3 is 25.8 Å². The molecule has 2 aromatic heterocycles. The first-order valence-electron chi connectivity index (χ1n) is 9.82. The number of hydrogen-bond acceptors (Lipinski definition) is 9. The van der Waals surface area contributed by atoms with Crippen LogP contribution in [-0.4, -0.2) is 38.6 Å². The number of ether oxygens (including phenoxy) is 2. The van der Waals surface area contributed by atoms with Gasteiger partial charge in [-0.25, -0.2) is 9.78 Å². The Morgan fingerprint density at radius 3 is 2.35 bits per heavy atom. The minimum atomic E-state index is -0.612. The van der Waals surface area contributed by atoms with Crippen molar-refractivity contribution in [1.29, 1.82) is 0 Å². The molecule has 31 heavy (non-hydrogen) atoms. The molecule has 0 aliphatic rings. The molecule has 0 unspecified atom stereocenters. The Kier molecular flexibility index (Phi) is 7.78. The lowest BCUT2D eigenvalue weighted by molar-refractivity contribution is 0.0514. The van der Waals surface area contributed by atoms with Crippen molar-refractivity contribution in [1.82, 2.24) is 19.7 Å². The lowest BCUT2D eigenvalue weighted by Gasteiger charge is -2.18. The van der Waals surface area contributed by atoms with E-state index in [1.807, 2.05) is 38.1 Å². The van der Waals surface area contributed by atoms with Crippen molar-refractivity contribution in [3.05, 3.63) is 42.9 Å². The quantitative estimate of drug-likeness (QED) is 0.536. The third kappa shape index (κ3) is 6.88. The van der Waals surface area contributed by atoms with Crippen LogP contribution in [0.1, 0.15) is 34.6 Å². The average molecular weight is 428 g/mol. The number of nitrogens with zero attached hydrogens (tertiary/aromatic N) is 4. The van der Waals surface area contributed by atoms with Gasteiger partial charge in [0.1, 0.15) is 11.4 Å². The topological polar surface area (TPSA) is 129 Å². The zero-order valence-corrected chi connectivity index (χ0v) is 18.6. The third-order valence-electron chi connectivity index (χ3n) is 3.59. The molecular formula is C21H29N7O3. The largest absolute Gasteiger partial charge is 0.497 e. The van der Waals surface area contributed by atoms with Gasteiger partial charge in [0.05, 0.1) is 37.1 Å². The SMILES string of the molecule is CC.COc1ccc(Nc2nc(Nc3cnn(C(=O)OC(C)(C)C)c3)ncc2N)cc1. The summed E-state index contributed by atoms with van der Waals surface area (Å²) in [7, 11) is 1.60. The number of nitrogens with one attached hydrogen (secondary N) is 2. The van der Waals surface area contributed by atoms with Crippen LogP contribution in [-0.2, 0) is 4.74 Å². The van der Waals surface area contributed by atoms with E-state index in [4.69, 9.17) is 15.2 Å². The van der Waals surface area contributed by atoms with E-state index in [-0.39, 0.29) is 0 Å². The molecule has 0 aliphatic carbocycles. The highest BCUT2D eigenvalue weighted by Crippen LogP contribution is 2.24. The molecule has 10 heteroatoms. The van der Waals surface area contributed by atoms with Crippen molar-refractivity contribution in [3.8, 4) is 5.75 Å². The molecule has 0 spiro atoms. The Bertz CT molecular complexity index is 995. The highest BCUT2D eigenvalue weighted by atomic mass is 16.6. The van der Waals surface area contributed by atoms with Crippen LogP contribution in [0, 0.1) is 0 Å². The summed E-state index contributed by atoms with van der Waals surface area (Å²) in [6.45, 7) is 9.35. The first-order chi connectivity index (χ1) is 14.7. The van der Waals surface area contributed by atoms with E-state index in [2.05, 4.69) is 25.7 Å². The fraction of sp³-hybridized carbons (Fsp3) is 0.333. The zero-order valence-electron chi connectivity index (χ0n) is 18.6. The number of anilines is 5. The number of hydrogen-bond donors (Lipinski definition) is 3. The second-order valence-corrected chi connectivity index (χ2v) is 7.13. The van der Waals surface area contributed by atoms with Gasteiger partial charge >= 0.3 is 6.09 Å². The van der Waals surface area contributed by atoms with Crippen LogP contribution in [0.5, 0.6) is 5.75 Å². The lowest BCUT2D eigenvalue weighted by atomic mass is 10.2. The van der Waals surface area contributed by atoms with Gasteiger partial charge in [-0.2, -0.15) is 14.8 Å². The van der Waals surface area contributed by atoms with E-state index in [0.717, 1.165) is 16.1 Å². The summed E-state index contributed by atoms with van der Waals surface area (Å²) in [4.78, 5) is 20.6. The molecule has 0 saturated carbocycles. The Morgan fingerprint density at radius 1 is 1.06 bits per heavy atom. The maximum absolute atomic E-state index is 12.1. The number of carbonyl (C=O) groups is 1. The molecule has 0 fully saturated rings. The van der Waals surface area contributed by atoms with Gasteiger partial charge in [-0.05, 0) is 45.0 Å². The number of rotatable bonds is 5. The van der Waals surface area contributed by atoms with E-state index < -0.39 is 11.7 Å². The van der Waals surface area contributed by atoms with Crippen molar-refractivity contribution >= 4 is 34.9 Å². The highest BCUT2D eigenvalue weighted by Gasteiger charge is 2.18. The molecule has 0 saturated heterocycles. The van der Waals surface area contributed by atoms with Crippen LogP contribution >= 0.6 is 0 Å². The number of nitrogens with two attached hydrogens (primary N) is 1. The molecule has 4 N–H and O–H groups in total. The minimum absolute atomic E-state index is 0.291. The van der Waals surface area contributed by atoms with E-state index in [1.165, 1.54) is 18.6 Å². The summed E-state index contributed by atoms with van der Waals surface area (Å²) in [6.07, 6.45) is 3.87. The van der Waals surface area contributed by atoms with Crippen LogP contribution in [0.15, 0.2) is 42.9 Å². The van der Waals surface area contributed by atoms with Crippen LogP contribution in [0.3, 0.4) is 0 Å². The van der Waals surface area contributed by atoms with E-state index in [1.54, 1.807) is 27.9 Å². The fourth-order valence-electron chi connectivity index (χ4n) is 2.29. The van der Waals surface area contributed by atoms with Crippen molar-refractivity contribution in [2.75, 3.05) is 23.5 Å². The third-order valence-corrected chi connectivity index (χ3v) is 3.59. The molecule has 0 aliphatic heterocycles. The fourth-order valence-corrected chi connectivity index (χ4v) is 2.29. The summed E-state index contributed by atoms with van der Waals surface area (Å²) in [5.41, 5.74) is 7.06. The monoisotopic (exact) mass is 427 g/mol. The normalized spacial score (nSPS) is 10.5. The summed E-state index contributed by atoms with van der Waals surface area (Å²) in [5, 5.41) is 10.1. The molecule has 10 nitrogen and oxygen atoms in total. The summed E-state index contributed by atoms with van der Waals surface area (Å²) in [5.74, 6) is 1.47. The Balaban J connectivity index is 0.00000166. The number of methoxy groups -OCH3 is 1. The number of nitrogen functional groups attached to an aromatic ring is 1. The molecule has 0 radical (unpaired) electrons. The van der Waals surface area contributed by atoms with Gasteiger partial charge in [-0.15, -0.1) is 0 Å². The maximum atomic E-state index is 12.1. The summed E-state index contributed by atoms with van der Waals surface area (Å²) in [6, 6.07) is 7.34. The molecule has 1 aromatic carbocycles. The van der Waals surface area contributed by atoms with Gasteiger partial charge in [-0.1, -0.05) is 13.8 Å². The van der Waals surface area contributed by atoms with Crippen molar-refractivity contribution in [3.63, 3.8) is 0 Å². The zero-order chi connectivity index (χ0) is 23.0. The van der Waals surface area contributed by atoms with Crippen molar-refractivity contribution in [2.45, 2.75) is 40.2 Å². The minimum Gasteiger partial charge on any atom is -0.497 e. The molecule has 0 bridgehead atoms. The molecule has 3 aromatic rings. The van der Waals surface area contributed by atoms with Crippen LogP contribution in [0.25, 0.3) is 0 Å². The number of carbonyl (C=O) groups excluding carboxylic acids is 1. The smallest absolute Gasteiger partial charge is 0.435 e. The molecule has 0 atom stereocenters. The van der Waals surface area contributed by atoms with E-state index >= 15 is 0 Å². The van der Waals surface area contributed by atoms with Crippen LogP contribution in [0.4, 0.5) is 33.6 Å². The second kappa shape index (κ2) is 10.3. The molecule has 2 heterocycles. The second-order valence-electron chi connectivity index (χ2n) is 7.13. The van der Waals surface area contributed by atoms with Gasteiger partial charge in [-0.3, -0.25) is 0 Å². The number of benzene rings is 1. The Labute approximate surface area is 181 Å². The average Bonchev–Trinajstić information content (AvgIpc) is 3.20. The van der Waals surface area contributed by atoms with Gasteiger partial charge in [0.25, 0.3) is 0 Å². The predicted molar refractivity (Wildman–Crippen MR) is 121 cm³/mol. The maximum Gasteiger partial charge on any atom is 0.435 e. The Hall–Kier alpha value is -3.82. The molecular weight excluding hydrogens is 398 g/mol. The molecule has 0 amide bonds. The van der Waals surface area contributed by atoms with Gasteiger partial charge in [0.2, 0.25) is 5.95 Å². The van der Waals surface area contributed by atoms with Crippen LogP contribution in [0.2, 0.25) is 0 Å².